The summed E-state index contributed by atoms with van der Waals surface area (Å²) >= 11 is 6.63. The Morgan fingerprint density at radius 2 is 1.92 bits per heavy atom. The van der Waals surface area contributed by atoms with Crippen LogP contribution in [0, 0.1) is 11.7 Å². The van der Waals surface area contributed by atoms with Crippen LogP contribution in [0.2, 0.25) is 5.02 Å². The minimum Gasteiger partial charge on any atom is -0.395 e. The summed E-state index contributed by atoms with van der Waals surface area (Å²) in [6.07, 6.45) is 12.2. The van der Waals surface area contributed by atoms with Crippen LogP contribution in [0.1, 0.15) is 41.5 Å². The molecule has 5 rings (SSSR count). The lowest BCUT2D eigenvalue weighted by molar-refractivity contribution is -0.116. The summed E-state index contributed by atoms with van der Waals surface area (Å²) in [5.74, 6) is -0.306. The molecule has 0 atom stereocenters. The fourth-order valence-corrected chi connectivity index (χ4v) is 4.95. The lowest BCUT2D eigenvalue weighted by Gasteiger charge is -2.32. The van der Waals surface area contributed by atoms with Crippen molar-refractivity contribution in [2.45, 2.75) is 19.3 Å². The second-order valence-electron chi connectivity index (χ2n) is 9.12. The molecule has 0 radical (unpaired) electrons. The first-order chi connectivity index (χ1) is 18.0. The van der Waals surface area contributed by atoms with Gasteiger partial charge in [-0.25, -0.2) is 9.37 Å². The minimum absolute atomic E-state index is 0.102. The number of nitrogens with one attached hydrogen (secondary N) is 1. The van der Waals surface area contributed by atoms with Gasteiger partial charge in [-0.05, 0) is 82.5 Å². The summed E-state index contributed by atoms with van der Waals surface area (Å²) < 4.78 is 16.0. The zero-order valence-electron chi connectivity index (χ0n) is 20.2. The summed E-state index contributed by atoms with van der Waals surface area (Å²) in [7, 11) is 0. The van der Waals surface area contributed by atoms with Gasteiger partial charge in [0, 0.05) is 31.2 Å². The van der Waals surface area contributed by atoms with E-state index >= 15 is 0 Å². The monoisotopic (exact) mass is 515 g/mol. The molecule has 188 valence electrons. The number of benzene rings is 2. The van der Waals surface area contributed by atoms with Gasteiger partial charge in [-0.3, -0.25) is 4.79 Å². The fraction of sp³-hybridized carbons (Fsp3) is 0.200. The first-order valence-corrected chi connectivity index (χ1v) is 12.7. The molecule has 4 aromatic rings. The molecule has 5 nitrogen and oxygen atoms in total. The highest BCUT2D eigenvalue weighted by Crippen LogP contribution is 2.46. The number of nitrogens with zero attached hydrogens (tertiary/aromatic N) is 2. The molecule has 2 aromatic carbocycles. The predicted molar refractivity (Wildman–Crippen MR) is 145 cm³/mol. The van der Waals surface area contributed by atoms with Crippen molar-refractivity contribution in [2.24, 2.45) is 5.92 Å². The highest BCUT2D eigenvalue weighted by atomic mass is 35.5. The van der Waals surface area contributed by atoms with E-state index in [2.05, 4.69) is 22.6 Å². The number of allylic oxidation sites excluding steroid dienone is 1. The van der Waals surface area contributed by atoms with Gasteiger partial charge >= 0.3 is 0 Å². The first-order valence-electron chi connectivity index (χ1n) is 12.3. The standard InChI is InChI=1S/C30H27ClFN3O2/c31-26-18-24(32)10-11-25(26)30(21-2-1-3-21)29(23-9-12-27-33-14-16-35(27)19-23)22-7-4-20(5-8-22)6-13-28(37)34-15-17-36/h4-14,16,18-19,21,36H,1-3,15,17H2,(H,34,37). The van der Waals surface area contributed by atoms with Crippen molar-refractivity contribution in [2.75, 3.05) is 13.2 Å². The van der Waals surface area contributed by atoms with Gasteiger partial charge in [0.1, 0.15) is 11.5 Å². The van der Waals surface area contributed by atoms with Gasteiger partial charge in [0.25, 0.3) is 0 Å². The van der Waals surface area contributed by atoms with Crippen LogP contribution in [0.5, 0.6) is 0 Å². The van der Waals surface area contributed by atoms with Crippen LogP contribution in [0.4, 0.5) is 4.39 Å². The highest BCUT2D eigenvalue weighted by Gasteiger charge is 2.28. The quantitative estimate of drug-likeness (QED) is 0.223. The summed E-state index contributed by atoms with van der Waals surface area (Å²) in [5, 5.41) is 11.9. The maximum atomic E-state index is 14.0. The molecule has 2 aromatic heterocycles. The third kappa shape index (κ3) is 5.50. The Morgan fingerprint density at radius 3 is 2.62 bits per heavy atom. The average Bonchev–Trinajstić information content (AvgIpc) is 3.34. The Labute approximate surface area is 219 Å². The smallest absolute Gasteiger partial charge is 0.244 e. The van der Waals surface area contributed by atoms with Crippen molar-refractivity contribution in [1.82, 2.24) is 14.7 Å². The maximum Gasteiger partial charge on any atom is 0.244 e. The molecule has 0 unspecified atom stereocenters. The number of imidazole rings is 1. The Morgan fingerprint density at radius 1 is 1.14 bits per heavy atom. The Balaban J connectivity index is 1.64. The number of rotatable bonds is 8. The third-order valence-corrected chi connectivity index (χ3v) is 7.03. The fourth-order valence-electron chi connectivity index (χ4n) is 4.68. The molecule has 0 spiro atoms. The van der Waals surface area contributed by atoms with Crippen molar-refractivity contribution < 1.29 is 14.3 Å². The van der Waals surface area contributed by atoms with Crippen LogP contribution in [0.25, 0.3) is 22.9 Å². The van der Waals surface area contributed by atoms with E-state index in [9.17, 15) is 9.18 Å². The summed E-state index contributed by atoms with van der Waals surface area (Å²) in [6, 6.07) is 16.7. The Kier molecular flexibility index (Phi) is 7.49. The SMILES string of the molecule is O=C(C=Cc1ccc(C(=C(c2ccc(F)cc2Cl)C2CCC2)c2ccc3nccn3c2)cc1)NCCO. The normalized spacial score (nSPS) is 14.6. The number of carbonyl (C=O) groups is 1. The van der Waals surface area contributed by atoms with Crippen LogP contribution in [-0.4, -0.2) is 33.6 Å². The van der Waals surface area contributed by atoms with Crippen molar-refractivity contribution in [3.8, 4) is 0 Å². The van der Waals surface area contributed by atoms with E-state index in [-0.39, 0.29) is 24.9 Å². The van der Waals surface area contributed by atoms with Crippen molar-refractivity contribution >= 4 is 40.4 Å². The Bertz CT molecular complexity index is 1490. The van der Waals surface area contributed by atoms with Gasteiger partial charge in [0.15, 0.2) is 0 Å². The molecule has 1 aliphatic rings. The molecule has 0 saturated heterocycles. The molecule has 1 aliphatic carbocycles. The molecule has 1 amide bonds. The molecule has 1 fully saturated rings. The second-order valence-corrected chi connectivity index (χ2v) is 9.53. The van der Waals surface area contributed by atoms with E-state index in [4.69, 9.17) is 16.7 Å². The van der Waals surface area contributed by atoms with Crippen LogP contribution in [0.15, 0.2) is 79.3 Å². The topological polar surface area (TPSA) is 66.6 Å². The lowest BCUT2D eigenvalue weighted by Crippen LogP contribution is -2.24. The van der Waals surface area contributed by atoms with Gasteiger partial charge in [0.05, 0.1) is 11.6 Å². The van der Waals surface area contributed by atoms with E-state index < -0.39 is 0 Å². The molecule has 2 N–H and O–H groups in total. The van der Waals surface area contributed by atoms with E-state index in [1.807, 2.05) is 40.9 Å². The summed E-state index contributed by atoms with van der Waals surface area (Å²) in [6.45, 7) is 0.114. The van der Waals surface area contributed by atoms with E-state index in [1.165, 1.54) is 18.2 Å². The zero-order chi connectivity index (χ0) is 25.8. The largest absolute Gasteiger partial charge is 0.395 e. The number of hydrogen-bond donors (Lipinski definition) is 2. The maximum absolute atomic E-state index is 14.0. The number of aliphatic hydroxyl groups is 1. The molecule has 2 heterocycles. The number of halogens is 2. The van der Waals surface area contributed by atoms with Crippen molar-refractivity contribution in [3.63, 3.8) is 0 Å². The molecular weight excluding hydrogens is 489 g/mol. The molecule has 7 heteroatoms. The number of hydrogen-bond acceptors (Lipinski definition) is 3. The van der Waals surface area contributed by atoms with Gasteiger partial charge < -0.3 is 14.8 Å². The van der Waals surface area contributed by atoms with E-state index in [0.29, 0.717) is 10.9 Å². The molecule has 1 saturated carbocycles. The number of amides is 1. The van der Waals surface area contributed by atoms with E-state index in [0.717, 1.165) is 58.3 Å². The van der Waals surface area contributed by atoms with Crippen LogP contribution < -0.4 is 5.32 Å². The number of carbonyl (C=O) groups excluding carboxylic acids is 1. The Hall–Kier alpha value is -3.74. The predicted octanol–water partition coefficient (Wildman–Crippen LogP) is 6.01. The summed E-state index contributed by atoms with van der Waals surface area (Å²) in [5.41, 5.74) is 6.75. The minimum atomic E-state index is -0.359. The highest BCUT2D eigenvalue weighted by molar-refractivity contribution is 6.32. The van der Waals surface area contributed by atoms with Gasteiger partial charge in [-0.2, -0.15) is 0 Å². The number of aliphatic hydroxyl groups excluding tert-OH is 1. The zero-order valence-corrected chi connectivity index (χ0v) is 21.0. The number of fused-ring (bicyclic) bond motifs is 1. The van der Waals surface area contributed by atoms with Crippen LogP contribution >= 0.6 is 11.6 Å². The first kappa shape index (κ1) is 24.9. The van der Waals surface area contributed by atoms with E-state index in [1.54, 1.807) is 18.3 Å². The van der Waals surface area contributed by atoms with Crippen molar-refractivity contribution in [3.05, 3.63) is 112 Å². The van der Waals surface area contributed by atoms with Gasteiger partial charge in [-0.1, -0.05) is 48.4 Å². The van der Waals surface area contributed by atoms with Gasteiger partial charge in [0.2, 0.25) is 5.91 Å². The van der Waals surface area contributed by atoms with Crippen LogP contribution in [0.3, 0.4) is 0 Å². The average molecular weight is 516 g/mol. The second kappa shape index (κ2) is 11.1. The number of aromatic nitrogens is 2. The van der Waals surface area contributed by atoms with Gasteiger partial charge in [-0.15, -0.1) is 0 Å². The number of pyridine rings is 1. The molecule has 0 aliphatic heterocycles. The van der Waals surface area contributed by atoms with Crippen LogP contribution in [-0.2, 0) is 4.79 Å². The van der Waals surface area contributed by atoms with Crippen molar-refractivity contribution in [1.29, 1.82) is 0 Å². The summed E-state index contributed by atoms with van der Waals surface area (Å²) in [4.78, 5) is 16.2. The lowest BCUT2D eigenvalue weighted by atomic mass is 9.73. The molecule has 37 heavy (non-hydrogen) atoms. The third-order valence-electron chi connectivity index (χ3n) is 6.72. The molecule has 0 bridgehead atoms. The molecular formula is C30H27ClFN3O2.